The molecule has 2 atom stereocenters. The molecule has 8 nitrogen and oxygen atoms in total. The van der Waals surface area contributed by atoms with Crippen LogP contribution in [0, 0.1) is 5.92 Å². The summed E-state index contributed by atoms with van der Waals surface area (Å²) in [5.41, 5.74) is 0.0512. The quantitative estimate of drug-likeness (QED) is 0.871. The highest BCUT2D eigenvalue weighted by Crippen LogP contribution is 2.23. The molecule has 2 aromatic rings. The van der Waals surface area contributed by atoms with Crippen molar-refractivity contribution in [1.29, 1.82) is 0 Å². The molecule has 0 radical (unpaired) electrons. The molecule has 1 saturated carbocycles. The van der Waals surface area contributed by atoms with Crippen molar-refractivity contribution in [2.24, 2.45) is 5.92 Å². The third kappa shape index (κ3) is 4.01. The van der Waals surface area contributed by atoms with Crippen LogP contribution in [0.25, 0.3) is 10.9 Å². The van der Waals surface area contributed by atoms with Crippen LogP contribution in [0.2, 0.25) is 0 Å². The topological polar surface area (TPSA) is 106 Å². The average Bonchev–Trinajstić information content (AvgIpc) is 2.59. The lowest BCUT2D eigenvalue weighted by Gasteiger charge is -2.29. The fourth-order valence-corrected chi connectivity index (χ4v) is 3.16. The maximum Gasteiger partial charge on any atom is 0.321 e. The van der Waals surface area contributed by atoms with E-state index >= 15 is 0 Å². The summed E-state index contributed by atoms with van der Waals surface area (Å²) in [6, 6.07) is 6.30. The molecule has 0 aliphatic heterocycles. The molecule has 3 amide bonds. The van der Waals surface area contributed by atoms with E-state index in [4.69, 9.17) is 0 Å². The molecule has 1 aliphatic carbocycles. The van der Waals surface area contributed by atoms with Crippen LogP contribution in [0.1, 0.15) is 32.6 Å². The van der Waals surface area contributed by atoms with Crippen LogP contribution in [-0.2, 0) is 11.3 Å². The van der Waals surface area contributed by atoms with Crippen LogP contribution in [0.15, 0.2) is 29.1 Å². The Bertz CT molecular complexity index is 848. The number of carbonyl (C=O) groups is 2. The minimum Gasteiger partial charge on any atom is -0.335 e. The van der Waals surface area contributed by atoms with Gasteiger partial charge < -0.3 is 5.32 Å². The molecule has 1 fully saturated rings. The van der Waals surface area contributed by atoms with Gasteiger partial charge >= 0.3 is 6.03 Å². The zero-order valence-corrected chi connectivity index (χ0v) is 14.1. The number of nitrogens with zero attached hydrogens (tertiary/aromatic N) is 3. The molecule has 0 spiro atoms. The Kier molecular flexibility index (Phi) is 5.06. The van der Waals surface area contributed by atoms with Crippen LogP contribution >= 0.6 is 0 Å². The van der Waals surface area contributed by atoms with Crippen molar-refractivity contribution in [3.05, 3.63) is 34.6 Å². The molecule has 132 valence electrons. The Labute approximate surface area is 144 Å². The second-order valence-corrected chi connectivity index (χ2v) is 6.46. The number of amides is 3. The molecule has 1 aromatic carbocycles. The molecule has 2 unspecified atom stereocenters. The van der Waals surface area contributed by atoms with Crippen LogP contribution < -0.4 is 16.2 Å². The van der Waals surface area contributed by atoms with Gasteiger partial charge in [0.05, 0.1) is 5.39 Å². The van der Waals surface area contributed by atoms with Gasteiger partial charge in [-0.05, 0) is 30.9 Å². The monoisotopic (exact) mass is 343 g/mol. The third-order valence-electron chi connectivity index (χ3n) is 4.60. The van der Waals surface area contributed by atoms with Crippen molar-refractivity contribution in [2.45, 2.75) is 45.2 Å². The summed E-state index contributed by atoms with van der Waals surface area (Å²) in [6.45, 7) is 1.74. The highest BCUT2D eigenvalue weighted by atomic mass is 16.2. The van der Waals surface area contributed by atoms with Gasteiger partial charge in [0.1, 0.15) is 12.1 Å². The number of nitrogens with one attached hydrogen (secondary N) is 2. The van der Waals surface area contributed by atoms with Crippen molar-refractivity contribution in [2.75, 3.05) is 0 Å². The number of carbonyl (C=O) groups excluding carboxylic acids is 2. The molecule has 25 heavy (non-hydrogen) atoms. The molecule has 3 rings (SSSR count). The van der Waals surface area contributed by atoms with Gasteiger partial charge in [-0.15, -0.1) is 5.10 Å². The van der Waals surface area contributed by atoms with E-state index < -0.39 is 17.5 Å². The first kappa shape index (κ1) is 17.1. The van der Waals surface area contributed by atoms with Crippen molar-refractivity contribution < 1.29 is 9.59 Å². The first-order chi connectivity index (χ1) is 12.0. The predicted octanol–water partition coefficient (Wildman–Crippen LogP) is 1.20. The Morgan fingerprint density at radius 2 is 2.00 bits per heavy atom. The number of benzene rings is 1. The van der Waals surface area contributed by atoms with E-state index in [0.717, 1.165) is 23.9 Å². The first-order valence-corrected chi connectivity index (χ1v) is 8.47. The molecular formula is C17H21N5O3. The Hall–Kier alpha value is -2.77. The third-order valence-corrected chi connectivity index (χ3v) is 4.60. The molecule has 0 saturated heterocycles. The van der Waals surface area contributed by atoms with Gasteiger partial charge in [0.25, 0.3) is 5.56 Å². The van der Waals surface area contributed by atoms with Gasteiger partial charge in [-0.3, -0.25) is 14.9 Å². The van der Waals surface area contributed by atoms with Gasteiger partial charge in [-0.1, -0.05) is 37.1 Å². The number of fused-ring (bicyclic) bond motifs is 1. The van der Waals surface area contributed by atoms with Gasteiger partial charge in [0.15, 0.2) is 0 Å². The maximum atomic E-state index is 12.3. The lowest BCUT2D eigenvalue weighted by Crippen LogP contribution is -2.49. The fourth-order valence-electron chi connectivity index (χ4n) is 3.16. The van der Waals surface area contributed by atoms with Crippen molar-refractivity contribution in [3.63, 3.8) is 0 Å². The molecule has 1 aromatic heterocycles. The smallest absolute Gasteiger partial charge is 0.321 e. The van der Waals surface area contributed by atoms with Crippen LogP contribution in [0.3, 0.4) is 0 Å². The summed E-state index contributed by atoms with van der Waals surface area (Å²) in [7, 11) is 0. The average molecular weight is 343 g/mol. The number of rotatable bonds is 3. The standard InChI is InChI=1S/C17H21N5O3/c1-11-6-2-4-8-13(11)18-17(25)19-15(23)10-22-16(24)12-7-3-5-9-14(12)20-21-22/h3,5,7,9,11,13H,2,4,6,8,10H2,1H3,(H2,18,19,23,25). The maximum absolute atomic E-state index is 12.3. The summed E-state index contributed by atoms with van der Waals surface area (Å²) in [5.74, 6) is -0.212. The normalized spacial score (nSPS) is 20.2. The van der Waals surface area contributed by atoms with E-state index in [1.54, 1.807) is 24.3 Å². The second kappa shape index (κ2) is 7.42. The highest BCUT2D eigenvalue weighted by molar-refractivity contribution is 5.94. The zero-order valence-electron chi connectivity index (χ0n) is 14.1. The van der Waals surface area contributed by atoms with E-state index in [1.165, 1.54) is 6.42 Å². The molecule has 0 bridgehead atoms. The lowest BCUT2D eigenvalue weighted by atomic mass is 9.86. The van der Waals surface area contributed by atoms with E-state index in [-0.39, 0.29) is 12.6 Å². The Morgan fingerprint density at radius 3 is 2.80 bits per heavy atom. The minimum absolute atomic E-state index is 0.0738. The number of hydrogen-bond acceptors (Lipinski definition) is 5. The molecule has 1 aliphatic rings. The first-order valence-electron chi connectivity index (χ1n) is 8.47. The lowest BCUT2D eigenvalue weighted by molar-refractivity contribution is -0.120. The summed E-state index contributed by atoms with van der Waals surface area (Å²) in [6.07, 6.45) is 4.23. The van der Waals surface area contributed by atoms with Crippen molar-refractivity contribution in [3.8, 4) is 0 Å². The highest BCUT2D eigenvalue weighted by Gasteiger charge is 2.23. The van der Waals surface area contributed by atoms with Gasteiger partial charge in [0, 0.05) is 6.04 Å². The van der Waals surface area contributed by atoms with E-state index in [1.807, 2.05) is 0 Å². The number of hydrogen-bond donors (Lipinski definition) is 2. The summed E-state index contributed by atoms with van der Waals surface area (Å²) < 4.78 is 0.953. The van der Waals surface area contributed by atoms with Crippen LogP contribution in [0.4, 0.5) is 4.79 Å². The van der Waals surface area contributed by atoms with Gasteiger partial charge in [-0.25, -0.2) is 9.48 Å². The van der Waals surface area contributed by atoms with E-state index in [2.05, 4.69) is 27.9 Å². The summed E-state index contributed by atoms with van der Waals surface area (Å²) in [5, 5.41) is 13.1. The largest absolute Gasteiger partial charge is 0.335 e. The number of aromatic nitrogens is 3. The number of imide groups is 1. The second-order valence-electron chi connectivity index (χ2n) is 6.46. The fraction of sp³-hybridized carbons (Fsp3) is 0.471. The molecule has 8 heteroatoms. The summed E-state index contributed by atoms with van der Waals surface area (Å²) in [4.78, 5) is 36.3. The van der Waals surface area contributed by atoms with E-state index in [9.17, 15) is 14.4 Å². The molecular weight excluding hydrogens is 322 g/mol. The SMILES string of the molecule is CC1CCCCC1NC(=O)NC(=O)Cn1nnc2ccccc2c1=O. The van der Waals surface area contributed by atoms with E-state index in [0.29, 0.717) is 16.8 Å². The number of urea groups is 1. The molecule has 1 heterocycles. The van der Waals surface area contributed by atoms with Gasteiger partial charge in [-0.2, -0.15) is 0 Å². The Balaban J connectivity index is 1.61. The zero-order chi connectivity index (χ0) is 17.8. The Morgan fingerprint density at radius 1 is 1.24 bits per heavy atom. The van der Waals surface area contributed by atoms with Crippen molar-refractivity contribution >= 4 is 22.8 Å². The van der Waals surface area contributed by atoms with Crippen LogP contribution in [-0.4, -0.2) is 33.0 Å². The van der Waals surface area contributed by atoms with Crippen molar-refractivity contribution in [1.82, 2.24) is 25.6 Å². The molecule has 2 N–H and O–H groups in total. The predicted molar refractivity (Wildman–Crippen MR) is 91.9 cm³/mol. The minimum atomic E-state index is -0.604. The summed E-state index contributed by atoms with van der Waals surface area (Å²) >= 11 is 0. The van der Waals surface area contributed by atoms with Gasteiger partial charge in [0.2, 0.25) is 5.91 Å². The van der Waals surface area contributed by atoms with Crippen LogP contribution in [0.5, 0.6) is 0 Å².